The summed E-state index contributed by atoms with van der Waals surface area (Å²) < 4.78 is 18.2. The van der Waals surface area contributed by atoms with Crippen LogP contribution >= 0.6 is 0 Å². The third-order valence-electron chi connectivity index (χ3n) is 2.14. The van der Waals surface area contributed by atoms with Gasteiger partial charge < -0.3 is 15.6 Å². The van der Waals surface area contributed by atoms with E-state index in [1.807, 2.05) is 0 Å². The molecule has 0 amide bonds. The molecule has 0 fully saturated rings. The Morgan fingerprint density at radius 1 is 1.40 bits per heavy atom. The number of benzene rings is 1. The number of carbonyl (C=O) groups is 1. The number of nitrogens with two attached hydrogens (primary N) is 1. The minimum Gasteiger partial charge on any atom is -0.501 e. The molecule has 0 aliphatic carbocycles. The molecule has 4 nitrogen and oxygen atoms in total. The molecule has 1 aromatic rings. The summed E-state index contributed by atoms with van der Waals surface area (Å²) in [6.45, 7) is 0. The van der Waals surface area contributed by atoms with Crippen LogP contribution in [0, 0.1) is 5.82 Å². The molecule has 3 N–H and O–H groups in total. The monoisotopic (exact) mass is 209 g/mol. The Balaban J connectivity index is 2.37. The maximum Gasteiger partial charge on any atom is 0.247 e. The topological polar surface area (TPSA) is 72.5 Å². The van der Waals surface area contributed by atoms with E-state index in [4.69, 9.17) is 15.6 Å². The first-order valence-electron chi connectivity index (χ1n) is 4.25. The maximum absolute atomic E-state index is 13.3. The van der Waals surface area contributed by atoms with E-state index in [1.54, 1.807) is 6.07 Å². The van der Waals surface area contributed by atoms with Crippen LogP contribution in [-0.4, -0.2) is 10.9 Å². The van der Waals surface area contributed by atoms with Gasteiger partial charge >= 0.3 is 0 Å². The van der Waals surface area contributed by atoms with Crippen LogP contribution in [0.5, 0.6) is 0 Å². The van der Waals surface area contributed by atoms with Gasteiger partial charge in [0, 0.05) is 5.56 Å². The molecule has 0 saturated carbocycles. The maximum atomic E-state index is 13.3. The van der Waals surface area contributed by atoms with E-state index in [9.17, 15) is 9.18 Å². The molecule has 0 bridgehead atoms. The van der Waals surface area contributed by atoms with Crippen molar-refractivity contribution in [2.24, 2.45) is 5.73 Å². The summed E-state index contributed by atoms with van der Waals surface area (Å²) in [6, 6.07) is 5.68. The predicted octanol–water partition coefficient (Wildman–Crippen LogP) is 1.15. The molecule has 1 atom stereocenters. The lowest BCUT2D eigenvalue weighted by Gasteiger charge is -2.10. The molecule has 78 valence electrons. The zero-order valence-electron chi connectivity index (χ0n) is 7.61. The fourth-order valence-electron chi connectivity index (χ4n) is 1.37. The van der Waals surface area contributed by atoms with E-state index in [2.05, 4.69) is 0 Å². The van der Waals surface area contributed by atoms with Crippen molar-refractivity contribution in [3.05, 3.63) is 47.3 Å². The highest BCUT2D eigenvalue weighted by atomic mass is 19.1. The van der Waals surface area contributed by atoms with Crippen LogP contribution < -0.4 is 5.73 Å². The number of rotatable bonds is 1. The van der Waals surface area contributed by atoms with Gasteiger partial charge in [0.15, 0.2) is 6.10 Å². The van der Waals surface area contributed by atoms with Crippen LogP contribution in [0.25, 0.3) is 0 Å². The first-order valence-corrected chi connectivity index (χ1v) is 4.25. The van der Waals surface area contributed by atoms with E-state index < -0.39 is 23.5 Å². The van der Waals surface area contributed by atoms with Crippen molar-refractivity contribution in [1.29, 1.82) is 0 Å². The van der Waals surface area contributed by atoms with Crippen molar-refractivity contribution in [3.63, 3.8) is 0 Å². The molecule has 2 rings (SSSR count). The van der Waals surface area contributed by atoms with Gasteiger partial charge in [-0.05, 0) is 6.07 Å². The summed E-state index contributed by atoms with van der Waals surface area (Å²) in [6.07, 6.45) is -1.17. The largest absolute Gasteiger partial charge is 0.501 e. The summed E-state index contributed by atoms with van der Waals surface area (Å²) in [5.41, 5.74) is 5.27. The summed E-state index contributed by atoms with van der Waals surface area (Å²) in [7, 11) is 0. The van der Waals surface area contributed by atoms with Crippen LogP contribution in [0.2, 0.25) is 0 Å². The SMILES string of the molecule is NC1=C(O)C(=O)C(c2ccccc2F)O1. The molecule has 5 heteroatoms. The predicted molar refractivity (Wildman–Crippen MR) is 49.1 cm³/mol. The van der Waals surface area contributed by atoms with E-state index in [0.717, 1.165) is 0 Å². The summed E-state index contributed by atoms with van der Waals surface area (Å²) in [5.74, 6) is -2.31. The molecule has 0 aromatic heterocycles. The Labute approximate surface area is 84.8 Å². The second-order valence-corrected chi connectivity index (χ2v) is 3.10. The smallest absolute Gasteiger partial charge is 0.247 e. The minimum absolute atomic E-state index is 0.0644. The molecule has 1 aromatic carbocycles. The van der Waals surface area contributed by atoms with Gasteiger partial charge in [-0.2, -0.15) is 0 Å². The first kappa shape index (κ1) is 9.51. The highest BCUT2D eigenvalue weighted by Gasteiger charge is 2.36. The quantitative estimate of drug-likeness (QED) is 0.727. The van der Waals surface area contributed by atoms with Gasteiger partial charge in [-0.25, -0.2) is 4.39 Å². The molecule has 1 aliphatic heterocycles. The third-order valence-corrected chi connectivity index (χ3v) is 2.14. The first-order chi connectivity index (χ1) is 7.11. The lowest BCUT2D eigenvalue weighted by Crippen LogP contribution is -2.11. The van der Waals surface area contributed by atoms with Crippen molar-refractivity contribution in [3.8, 4) is 0 Å². The average molecular weight is 209 g/mol. The normalized spacial score (nSPS) is 20.6. The van der Waals surface area contributed by atoms with E-state index in [0.29, 0.717) is 0 Å². The van der Waals surface area contributed by atoms with Gasteiger partial charge in [0.2, 0.25) is 17.4 Å². The fraction of sp³-hybridized carbons (Fsp3) is 0.100. The van der Waals surface area contributed by atoms with Crippen molar-refractivity contribution < 1.29 is 19.0 Å². The Bertz CT molecular complexity index is 456. The third kappa shape index (κ3) is 1.41. The Hall–Kier alpha value is -2.04. The number of aliphatic hydroxyl groups is 1. The van der Waals surface area contributed by atoms with Crippen molar-refractivity contribution in [1.82, 2.24) is 0 Å². The standard InChI is InChI=1S/C10H8FNO3/c11-6-4-2-1-3-5(6)9-7(13)8(14)10(12)15-9/h1-4,9,14H,12H2. The zero-order valence-corrected chi connectivity index (χ0v) is 7.61. The van der Waals surface area contributed by atoms with Crippen molar-refractivity contribution in [2.45, 2.75) is 6.10 Å². The molecule has 1 heterocycles. The van der Waals surface area contributed by atoms with E-state index >= 15 is 0 Å². The number of carbonyl (C=O) groups excluding carboxylic acids is 1. The van der Waals surface area contributed by atoms with E-state index in [-0.39, 0.29) is 11.4 Å². The number of hydrogen-bond donors (Lipinski definition) is 2. The Morgan fingerprint density at radius 2 is 2.07 bits per heavy atom. The van der Waals surface area contributed by atoms with Gasteiger partial charge in [-0.3, -0.25) is 4.79 Å². The highest BCUT2D eigenvalue weighted by Crippen LogP contribution is 2.30. The number of Topliss-reactive ketones (excluding diaryl/α,β-unsaturated/α-hetero) is 1. The Morgan fingerprint density at radius 3 is 2.60 bits per heavy atom. The molecule has 0 spiro atoms. The van der Waals surface area contributed by atoms with Crippen molar-refractivity contribution in [2.75, 3.05) is 0 Å². The molecule has 0 saturated heterocycles. The number of aliphatic hydroxyl groups excluding tert-OH is 1. The van der Waals surface area contributed by atoms with Gasteiger partial charge in [0.05, 0.1) is 0 Å². The number of ketones is 1. The lowest BCUT2D eigenvalue weighted by atomic mass is 10.1. The highest BCUT2D eigenvalue weighted by molar-refractivity contribution is 5.99. The second kappa shape index (κ2) is 3.27. The average Bonchev–Trinajstić information content (AvgIpc) is 2.47. The minimum atomic E-state index is -1.17. The summed E-state index contributed by atoms with van der Waals surface area (Å²) in [4.78, 5) is 11.4. The van der Waals surface area contributed by atoms with Crippen molar-refractivity contribution >= 4 is 5.78 Å². The van der Waals surface area contributed by atoms with Crippen LogP contribution in [0.15, 0.2) is 35.9 Å². The van der Waals surface area contributed by atoms with Crippen LogP contribution in [0.4, 0.5) is 4.39 Å². The molecular formula is C10H8FNO3. The fourth-order valence-corrected chi connectivity index (χ4v) is 1.37. The number of ether oxygens (including phenoxy) is 1. The number of halogens is 1. The van der Waals surface area contributed by atoms with Crippen LogP contribution in [-0.2, 0) is 9.53 Å². The molecule has 0 radical (unpaired) electrons. The second-order valence-electron chi connectivity index (χ2n) is 3.10. The lowest BCUT2D eigenvalue weighted by molar-refractivity contribution is -0.123. The van der Waals surface area contributed by atoms with Gasteiger partial charge in [0.1, 0.15) is 5.82 Å². The molecular weight excluding hydrogens is 201 g/mol. The molecule has 15 heavy (non-hydrogen) atoms. The Kier molecular flexibility index (Phi) is 2.07. The number of hydrogen-bond acceptors (Lipinski definition) is 4. The zero-order chi connectivity index (χ0) is 11.0. The van der Waals surface area contributed by atoms with E-state index in [1.165, 1.54) is 18.2 Å². The van der Waals surface area contributed by atoms with Gasteiger partial charge in [-0.1, -0.05) is 18.2 Å². The van der Waals surface area contributed by atoms with Crippen LogP contribution in [0.1, 0.15) is 11.7 Å². The van der Waals surface area contributed by atoms with Crippen LogP contribution in [0.3, 0.4) is 0 Å². The summed E-state index contributed by atoms with van der Waals surface area (Å²) in [5, 5.41) is 9.15. The molecule has 1 aliphatic rings. The summed E-state index contributed by atoms with van der Waals surface area (Å²) >= 11 is 0. The van der Waals surface area contributed by atoms with Gasteiger partial charge in [0.25, 0.3) is 0 Å². The van der Waals surface area contributed by atoms with Gasteiger partial charge in [-0.15, -0.1) is 0 Å². The molecule has 1 unspecified atom stereocenters.